The Kier molecular flexibility index (Phi) is 6.37. The molecule has 0 aliphatic heterocycles. The summed E-state index contributed by atoms with van der Waals surface area (Å²) in [5.74, 6) is 0. The molecule has 1 fully saturated rings. The molecule has 1 N–H and O–H groups in total. The highest BCUT2D eigenvalue weighted by Gasteiger charge is 2.20. The van der Waals surface area contributed by atoms with Crippen LogP contribution in [0.2, 0.25) is 0 Å². The monoisotopic (exact) mass is 226 g/mol. The zero-order valence-corrected chi connectivity index (χ0v) is 11.6. The quantitative estimate of drug-likeness (QED) is 0.608. The molecule has 96 valence electrons. The summed E-state index contributed by atoms with van der Waals surface area (Å²) in [6, 6.07) is 2.32. The molecular weight excluding hydrogens is 196 g/mol. The molecule has 1 saturated carbocycles. The van der Waals surface area contributed by atoms with Crippen molar-refractivity contribution in [2.24, 2.45) is 0 Å². The van der Waals surface area contributed by atoms with Crippen LogP contribution in [0.25, 0.3) is 0 Å². The van der Waals surface area contributed by atoms with E-state index in [9.17, 15) is 0 Å². The molecular formula is C14H30N2. The Labute approximate surface area is 102 Å². The van der Waals surface area contributed by atoms with Crippen LogP contribution < -0.4 is 5.32 Å². The van der Waals surface area contributed by atoms with Crippen molar-refractivity contribution in [3.8, 4) is 0 Å². The Morgan fingerprint density at radius 2 is 1.81 bits per heavy atom. The minimum Gasteiger partial charge on any atom is -0.314 e. The maximum Gasteiger partial charge on any atom is 0.00682 e. The van der Waals surface area contributed by atoms with Crippen molar-refractivity contribution in [2.75, 3.05) is 13.6 Å². The summed E-state index contributed by atoms with van der Waals surface area (Å²) >= 11 is 0. The fraction of sp³-hybridized carbons (Fsp3) is 1.00. The number of nitrogens with one attached hydrogen (secondary N) is 1. The van der Waals surface area contributed by atoms with Crippen LogP contribution in [0.5, 0.6) is 0 Å². The van der Waals surface area contributed by atoms with E-state index in [0.29, 0.717) is 0 Å². The Bertz CT molecular complexity index is 178. The molecule has 0 aromatic heterocycles. The molecule has 0 amide bonds. The number of rotatable bonds is 9. The van der Waals surface area contributed by atoms with Gasteiger partial charge in [-0.2, -0.15) is 0 Å². The first-order chi connectivity index (χ1) is 7.65. The van der Waals surface area contributed by atoms with Gasteiger partial charge in [-0.15, -0.1) is 0 Å². The van der Waals surface area contributed by atoms with Crippen LogP contribution in [0.3, 0.4) is 0 Å². The summed E-state index contributed by atoms with van der Waals surface area (Å²) < 4.78 is 0. The van der Waals surface area contributed by atoms with Gasteiger partial charge in [-0.25, -0.2) is 0 Å². The van der Waals surface area contributed by atoms with Gasteiger partial charge >= 0.3 is 0 Å². The van der Waals surface area contributed by atoms with Crippen LogP contribution >= 0.6 is 0 Å². The minimum atomic E-state index is 0.725. The SMILES string of the molecule is CCCC(C)N(C)C(C)CCCNC1CC1. The third-order valence-electron chi connectivity index (χ3n) is 3.91. The van der Waals surface area contributed by atoms with Gasteiger partial charge in [0.25, 0.3) is 0 Å². The topological polar surface area (TPSA) is 15.3 Å². The lowest BCUT2D eigenvalue weighted by Crippen LogP contribution is -2.37. The van der Waals surface area contributed by atoms with E-state index in [1.807, 2.05) is 0 Å². The van der Waals surface area contributed by atoms with Gasteiger partial charge in [0.15, 0.2) is 0 Å². The molecule has 2 unspecified atom stereocenters. The van der Waals surface area contributed by atoms with Gasteiger partial charge in [0.05, 0.1) is 0 Å². The third-order valence-corrected chi connectivity index (χ3v) is 3.91. The zero-order valence-electron chi connectivity index (χ0n) is 11.6. The van der Waals surface area contributed by atoms with Crippen molar-refractivity contribution in [2.45, 2.75) is 77.4 Å². The predicted octanol–water partition coefficient (Wildman–Crippen LogP) is 3.03. The molecule has 0 bridgehead atoms. The molecule has 1 rings (SSSR count). The maximum atomic E-state index is 3.59. The van der Waals surface area contributed by atoms with Gasteiger partial charge in [0.1, 0.15) is 0 Å². The van der Waals surface area contributed by atoms with Crippen LogP contribution in [0.1, 0.15) is 59.3 Å². The van der Waals surface area contributed by atoms with Crippen LogP contribution in [0.15, 0.2) is 0 Å². The molecule has 2 heteroatoms. The van der Waals surface area contributed by atoms with E-state index in [4.69, 9.17) is 0 Å². The lowest BCUT2D eigenvalue weighted by molar-refractivity contribution is 0.176. The molecule has 1 aliphatic rings. The summed E-state index contributed by atoms with van der Waals surface area (Å²) in [5, 5.41) is 3.59. The van der Waals surface area contributed by atoms with Gasteiger partial charge in [0.2, 0.25) is 0 Å². The standard InChI is InChI=1S/C14H30N2/c1-5-7-12(2)16(4)13(3)8-6-11-15-14-9-10-14/h12-15H,5-11H2,1-4H3. The molecule has 0 aromatic carbocycles. The zero-order chi connectivity index (χ0) is 12.0. The van der Waals surface area contributed by atoms with Crippen molar-refractivity contribution in [1.29, 1.82) is 0 Å². The summed E-state index contributed by atoms with van der Waals surface area (Å²) in [5.41, 5.74) is 0. The fourth-order valence-electron chi connectivity index (χ4n) is 2.25. The first-order valence-electron chi connectivity index (χ1n) is 7.10. The summed E-state index contributed by atoms with van der Waals surface area (Å²) in [7, 11) is 2.28. The summed E-state index contributed by atoms with van der Waals surface area (Å²) in [4.78, 5) is 2.54. The number of hydrogen-bond acceptors (Lipinski definition) is 2. The van der Waals surface area contributed by atoms with Crippen molar-refractivity contribution in [1.82, 2.24) is 10.2 Å². The summed E-state index contributed by atoms with van der Waals surface area (Å²) in [6.45, 7) is 8.20. The Morgan fingerprint density at radius 1 is 1.19 bits per heavy atom. The average Bonchev–Trinajstić information content (AvgIpc) is 3.07. The van der Waals surface area contributed by atoms with Crippen molar-refractivity contribution < 1.29 is 0 Å². The van der Waals surface area contributed by atoms with Gasteiger partial charge in [0, 0.05) is 18.1 Å². The predicted molar refractivity (Wildman–Crippen MR) is 71.9 cm³/mol. The second kappa shape index (κ2) is 7.29. The first kappa shape index (κ1) is 14.0. The normalized spacial score (nSPS) is 20.1. The molecule has 16 heavy (non-hydrogen) atoms. The number of nitrogens with zero attached hydrogens (tertiary/aromatic N) is 1. The highest BCUT2D eigenvalue weighted by atomic mass is 15.1. The van der Waals surface area contributed by atoms with Gasteiger partial charge in [-0.1, -0.05) is 13.3 Å². The third kappa shape index (κ3) is 5.31. The van der Waals surface area contributed by atoms with Crippen molar-refractivity contribution in [3.05, 3.63) is 0 Å². The van der Waals surface area contributed by atoms with E-state index in [1.165, 1.54) is 45.1 Å². The van der Waals surface area contributed by atoms with Crippen LogP contribution in [0, 0.1) is 0 Å². The molecule has 0 spiro atoms. The largest absolute Gasteiger partial charge is 0.314 e. The lowest BCUT2D eigenvalue weighted by Gasteiger charge is -2.30. The molecule has 0 saturated heterocycles. The molecule has 0 aromatic rings. The molecule has 0 radical (unpaired) electrons. The van der Waals surface area contributed by atoms with E-state index >= 15 is 0 Å². The van der Waals surface area contributed by atoms with Gasteiger partial charge in [-0.05, 0) is 59.5 Å². The smallest absolute Gasteiger partial charge is 0.00682 e. The Balaban J connectivity index is 2.04. The van der Waals surface area contributed by atoms with Gasteiger partial charge in [-0.3, -0.25) is 0 Å². The maximum absolute atomic E-state index is 3.59. The minimum absolute atomic E-state index is 0.725. The fourth-order valence-corrected chi connectivity index (χ4v) is 2.25. The lowest BCUT2D eigenvalue weighted by atomic mass is 10.1. The molecule has 0 heterocycles. The highest BCUT2D eigenvalue weighted by molar-refractivity contribution is 4.80. The van der Waals surface area contributed by atoms with Crippen molar-refractivity contribution >= 4 is 0 Å². The summed E-state index contributed by atoms with van der Waals surface area (Å²) in [6.07, 6.45) is 8.07. The van der Waals surface area contributed by atoms with E-state index < -0.39 is 0 Å². The Hall–Kier alpha value is -0.0800. The van der Waals surface area contributed by atoms with Crippen LogP contribution in [-0.4, -0.2) is 36.6 Å². The van der Waals surface area contributed by atoms with Gasteiger partial charge < -0.3 is 10.2 Å². The van der Waals surface area contributed by atoms with Crippen LogP contribution in [-0.2, 0) is 0 Å². The molecule has 2 atom stereocenters. The van der Waals surface area contributed by atoms with E-state index in [1.54, 1.807) is 0 Å². The van der Waals surface area contributed by atoms with E-state index in [0.717, 1.165) is 18.1 Å². The first-order valence-corrected chi connectivity index (χ1v) is 7.10. The number of hydrogen-bond donors (Lipinski definition) is 1. The van der Waals surface area contributed by atoms with E-state index in [2.05, 4.69) is 38.0 Å². The second-order valence-corrected chi connectivity index (χ2v) is 5.52. The van der Waals surface area contributed by atoms with Crippen LogP contribution in [0.4, 0.5) is 0 Å². The highest BCUT2D eigenvalue weighted by Crippen LogP contribution is 2.18. The second-order valence-electron chi connectivity index (χ2n) is 5.52. The average molecular weight is 226 g/mol. The molecule has 2 nitrogen and oxygen atoms in total. The van der Waals surface area contributed by atoms with Crippen molar-refractivity contribution in [3.63, 3.8) is 0 Å². The van der Waals surface area contributed by atoms with E-state index in [-0.39, 0.29) is 0 Å². The Morgan fingerprint density at radius 3 is 2.38 bits per heavy atom. The molecule has 1 aliphatic carbocycles.